The standard InChI is InChI=1S/C30H31F3N10O2S2/c31-19-13-42(14-19)22-4-6-34-20(9-22)11-24(44)36-28-40-38-26(46-28)17-2-1-3-18(8-17)27-39-41-29(47-27)37-25(45)12-21-10-23(5-7-35-21)43-15-30(32,33)16-43/h4-7,9-10,17-19H,1-3,8,11-16H2,(H,36,40,44)(H,37,41,45)/t17-,18-/m0/s1. The molecule has 0 aromatic carbocycles. The molecule has 246 valence electrons. The minimum atomic E-state index is -2.68. The Hall–Kier alpha value is -4.25. The summed E-state index contributed by atoms with van der Waals surface area (Å²) < 4.78 is 39.8. The number of carbonyl (C=O) groups excluding carboxylic acids is 2. The minimum Gasteiger partial charge on any atom is -0.365 e. The molecule has 0 radical (unpaired) electrons. The van der Waals surface area contributed by atoms with Crippen molar-refractivity contribution in [1.29, 1.82) is 0 Å². The lowest BCUT2D eigenvalue weighted by molar-refractivity contribution is -0.116. The lowest BCUT2D eigenvalue weighted by atomic mass is 9.82. The minimum absolute atomic E-state index is 0.0171. The molecule has 1 aliphatic carbocycles. The molecule has 4 aromatic heterocycles. The topological polar surface area (TPSA) is 142 Å². The van der Waals surface area contributed by atoms with Gasteiger partial charge in [-0.15, -0.1) is 20.4 Å². The Balaban J connectivity index is 0.901. The number of hydrogen-bond acceptors (Lipinski definition) is 12. The molecule has 4 aromatic rings. The second kappa shape index (κ2) is 13.1. The third-order valence-electron chi connectivity index (χ3n) is 8.44. The number of alkyl halides is 3. The number of halogens is 3. The van der Waals surface area contributed by atoms with E-state index in [0.717, 1.165) is 41.4 Å². The number of aromatic nitrogens is 6. The average molecular weight is 685 g/mol. The van der Waals surface area contributed by atoms with Gasteiger partial charge in [0.2, 0.25) is 22.1 Å². The fourth-order valence-electron chi connectivity index (χ4n) is 6.04. The number of anilines is 4. The fraction of sp³-hybridized carbons (Fsp3) is 0.467. The number of nitrogens with zero attached hydrogens (tertiary/aromatic N) is 8. The first-order valence-corrected chi connectivity index (χ1v) is 17.0. The second-order valence-corrected chi connectivity index (χ2v) is 14.1. The zero-order valence-corrected chi connectivity index (χ0v) is 26.7. The molecule has 2 aliphatic heterocycles. The van der Waals surface area contributed by atoms with Crippen LogP contribution in [-0.2, 0) is 22.4 Å². The van der Waals surface area contributed by atoms with E-state index in [1.54, 1.807) is 29.3 Å². The summed E-state index contributed by atoms with van der Waals surface area (Å²) in [6, 6.07) is 6.92. The molecular formula is C30H31F3N10O2S2. The Morgan fingerprint density at radius 3 is 1.81 bits per heavy atom. The summed E-state index contributed by atoms with van der Waals surface area (Å²) in [6.45, 7) is 0.0229. The van der Waals surface area contributed by atoms with Crippen molar-refractivity contribution in [2.24, 2.45) is 0 Å². The monoisotopic (exact) mass is 684 g/mol. The summed E-state index contributed by atoms with van der Waals surface area (Å²) in [4.78, 5) is 37.4. The van der Waals surface area contributed by atoms with Gasteiger partial charge in [-0.25, -0.2) is 13.2 Å². The molecule has 2 atom stereocenters. The molecule has 7 rings (SSSR count). The van der Waals surface area contributed by atoms with Crippen molar-refractivity contribution >= 4 is 56.1 Å². The lowest BCUT2D eigenvalue weighted by Crippen LogP contribution is -2.56. The van der Waals surface area contributed by atoms with Gasteiger partial charge in [0.05, 0.1) is 50.4 Å². The van der Waals surface area contributed by atoms with Crippen molar-refractivity contribution in [3.05, 3.63) is 58.1 Å². The van der Waals surface area contributed by atoms with E-state index in [9.17, 15) is 22.8 Å². The summed E-state index contributed by atoms with van der Waals surface area (Å²) in [5.41, 5.74) is 2.54. The SMILES string of the molecule is O=C(Cc1cc(N2CC(F)C2)ccn1)Nc1nnc([C@H]2CCC[C@H](c3nnc(NC(=O)Cc4cc(N5CC(F)(F)C5)ccn4)s3)C2)s1. The number of nitrogens with one attached hydrogen (secondary N) is 2. The van der Waals surface area contributed by atoms with Gasteiger partial charge >= 0.3 is 0 Å². The Morgan fingerprint density at radius 2 is 1.32 bits per heavy atom. The number of pyridine rings is 2. The van der Waals surface area contributed by atoms with Gasteiger partial charge in [-0.05, 0) is 43.5 Å². The van der Waals surface area contributed by atoms with E-state index in [1.807, 2.05) is 11.0 Å². The van der Waals surface area contributed by atoms with Gasteiger partial charge in [0.1, 0.15) is 16.2 Å². The number of hydrogen-bond donors (Lipinski definition) is 2. The van der Waals surface area contributed by atoms with Gasteiger partial charge in [0, 0.05) is 35.6 Å². The smallest absolute Gasteiger partial charge is 0.282 e. The third-order valence-corrected chi connectivity index (χ3v) is 10.4. The molecule has 12 nitrogen and oxygen atoms in total. The quantitative estimate of drug-likeness (QED) is 0.244. The molecule has 0 unspecified atom stereocenters. The first-order valence-electron chi connectivity index (χ1n) is 15.3. The highest BCUT2D eigenvalue weighted by Gasteiger charge is 2.44. The van der Waals surface area contributed by atoms with Gasteiger partial charge in [-0.2, -0.15) is 0 Å². The third kappa shape index (κ3) is 7.51. The molecule has 2 amide bonds. The molecule has 1 saturated carbocycles. The van der Waals surface area contributed by atoms with Crippen LogP contribution in [0.1, 0.15) is 58.9 Å². The summed E-state index contributed by atoms with van der Waals surface area (Å²) in [5.74, 6) is -2.96. The molecule has 2 saturated heterocycles. The summed E-state index contributed by atoms with van der Waals surface area (Å²) in [6.07, 6.45) is 6.01. The van der Waals surface area contributed by atoms with E-state index < -0.39 is 12.1 Å². The zero-order chi connectivity index (χ0) is 32.5. The van der Waals surface area contributed by atoms with Crippen molar-refractivity contribution in [2.45, 2.75) is 62.5 Å². The number of amides is 2. The van der Waals surface area contributed by atoms with Gasteiger partial charge in [-0.1, -0.05) is 29.1 Å². The zero-order valence-electron chi connectivity index (χ0n) is 25.1. The average Bonchev–Trinajstić information content (AvgIpc) is 3.68. The summed E-state index contributed by atoms with van der Waals surface area (Å²) in [7, 11) is 0. The molecule has 3 aliphatic rings. The van der Waals surface area contributed by atoms with Crippen LogP contribution >= 0.6 is 22.7 Å². The van der Waals surface area contributed by atoms with Gasteiger partial charge < -0.3 is 20.4 Å². The molecule has 6 heterocycles. The second-order valence-electron chi connectivity index (χ2n) is 12.1. The largest absolute Gasteiger partial charge is 0.365 e. The molecular weight excluding hydrogens is 654 g/mol. The molecule has 47 heavy (non-hydrogen) atoms. The molecule has 3 fully saturated rings. The van der Waals surface area contributed by atoms with E-state index in [1.165, 1.54) is 28.9 Å². The van der Waals surface area contributed by atoms with Crippen LogP contribution in [0.25, 0.3) is 0 Å². The lowest BCUT2D eigenvalue weighted by Gasteiger charge is -2.40. The maximum absolute atomic E-state index is 13.3. The van der Waals surface area contributed by atoms with Gasteiger partial charge in [0.25, 0.3) is 5.92 Å². The van der Waals surface area contributed by atoms with Crippen LogP contribution in [0, 0.1) is 0 Å². The summed E-state index contributed by atoms with van der Waals surface area (Å²) in [5, 5.41) is 25.2. The van der Waals surface area contributed by atoms with Crippen LogP contribution in [0.2, 0.25) is 0 Å². The predicted octanol–water partition coefficient (Wildman–Crippen LogP) is 4.60. The highest BCUT2D eigenvalue weighted by atomic mass is 32.1. The maximum atomic E-state index is 13.3. The predicted molar refractivity (Wildman–Crippen MR) is 171 cm³/mol. The van der Waals surface area contributed by atoms with Crippen LogP contribution in [0.4, 0.5) is 34.8 Å². The van der Waals surface area contributed by atoms with Gasteiger partial charge in [0.15, 0.2) is 0 Å². The van der Waals surface area contributed by atoms with E-state index in [0.29, 0.717) is 40.4 Å². The van der Waals surface area contributed by atoms with Crippen LogP contribution in [0.3, 0.4) is 0 Å². The Kier molecular flexibility index (Phi) is 8.74. The number of carbonyl (C=O) groups is 2. The van der Waals surface area contributed by atoms with Crippen molar-refractivity contribution < 1.29 is 22.8 Å². The Bertz CT molecular complexity index is 1760. The maximum Gasteiger partial charge on any atom is 0.282 e. The molecule has 2 N–H and O–H groups in total. The van der Waals surface area contributed by atoms with Crippen LogP contribution < -0.4 is 20.4 Å². The first-order chi connectivity index (χ1) is 22.7. The van der Waals surface area contributed by atoms with Crippen molar-refractivity contribution in [1.82, 2.24) is 30.4 Å². The number of rotatable bonds is 10. The molecule has 0 spiro atoms. The van der Waals surface area contributed by atoms with E-state index in [2.05, 4.69) is 41.0 Å². The molecule has 0 bridgehead atoms. The van der Waals surface area contributed by atoms with E-state index in [-0.39, 0.29) is 49.6 Å². The van der Waals surface area contributed by atoms with Crippen molar-refractivity contribution in [2.75, 3.05) is 46.6 Å². The van der Waals surface area contributed by atoms with Crippen LogP contribution in [0.15, 0.2) is 36.7 Å². The van der Waals surface area contributed by atoms with Crippen molar-refractivity contribution in [3.63, 3.8) is 0 Å². The Labute approximate surface area is 275 Å². The van der Waals surface area contributed by atoms with Crippen LogP contribution in [0.5, 0.6) is 0 Å². The van der Waals surface area contributed by atoms with E-state index >= 15 is 0 Å². The van der Waals surface area contributed by atoms with Gasteiger partial charge in [-0.3, -0.25) is 19.6 Å². The Morgan fingerprint density at radius 1 is 0.809 bits per heavy atom. The highest BCUT2D eigenvalue weighted by molar-refractivity contribution is 7.15. The highest BCUT2D eigenvalue weighted by Crippen LogP contribution is 2.43. The molecule has 17 heteroatoms. The first kappa shape index (κ1) is 31.4. The van der Waals surface area contributed by atoms with Crippen LogP contribution in [-0.4, -0.2) is 80.5 Å². The normalized spacial score (nSPS) is 20.7. The summed E-state index contributed by atoms with van der Waals surface area (Å²) >= 11 is 2.69. The van der Waals surface area contributed by atoms with Crippen molar-refractivity contribution in [3.8, 4) is 0 Å². The van der Waals surface area contributed by atoms with E-state index in [4.69, 9.17) is 0 Å². The fourth-order valence-corrected chi connectivity index (χ4v) is 7.86.